The molecule has 7 nitrogen and oxygen atoms in total. The maximum atomic E-state index is 10.9. The molecule has 1 saturated heterocycles. The van der Waals surface area contributed by atoms with Crippen molar-refractivity contribution in [1.29, 1.82) is 0 Å². The van der Waals surface area contributed by atoms with Crippen molar-refractivity contribution >= 4 is 12.0 Å². The Morgan fingerprint density at radius 1 is 1.16 bits per heavy atom. The van der Waals surface area contributed by atoms with E-state index in [4.69, 9.17) is 0 Å². The predicted octanol–water partition coefficient (Wildman–Crippen LogP) is 3.13. The van der Waals surface area contributed by atoms with E-state index in [2.05, 4.69) is 53.2 Å². The number of aliphatic hydroxyl groups excluding tert-OH is 2. The minimum atomic E-state index is -0.699. The maximum absolute atomic E-state index is 10.9. The lowest BCUT2D eigenvalue weighted by Crippen LogP contribution is -2.45. The first-order valence-corrected chi connectivity index (χ1v) is 11.2. The van der Waals surface area contributed by atoms with Crippen LogP contribution < -0.4 is 0 Å². The minimum Gasteiger partial charge on any atom is -0.507 e. The van der Waals surface area contributed by atoms with Gasteiger partial charge in [-0.25, -0.2) is 0 Å². The van der Waals surface area contributed by atoms with Gasteiger partial charge in [0.15, 0.2) is 0 Å². The van der Waals surface area contributed by atoms with E-state index >= 15 is 0 Å². The molecule has 1 aliphatic carbocycles. The molecule has 3 N–H and O–H groups in total. The van der Waals surface area contributed by atoms with Gasteiger partial charge >= 0.3 is 0 Å². The first kappa shape index (κ1) is 22.3. The van der Waals surface area contributed by atoms with Crippen LogP contribution in [0.2, 0.25) is 0 Å². The van der Waals surface area contributed by atoms with E-state index in [0.717, 1.165) is 56.0 Å². The summed E-state index contributed by atoms with van der Waals surface area (Å²) in [7, 11) is 0. The average molecular weight is 437 g/mol. The van der Waals surface area contributed by atoms with Gasteiger partial charge in [-0.1, -0.05) is 44.2 Å². The number of allylic oxidation sites excluding steroid dienone is 1. The van der Waals surface area contributed by atoms with Crippen LogP contribution >= 0.6 is 0 Å². The summed E-state index contributed by atoms with van der Waals surface area (Å²) < 4.78 is 0. The highest BCUT2D eigenvalue weighted by molar-refractivity contribution is 5.87. The molecule has 170 valence electrons. The summed E-state index contributed by atoms with van der Waals surface area (Å²) in [6.45, 7) is 10.3. The number of hydrogen-bond donors (Lipinski definition) is 3. The van der Waals surface area contributed by atoms with Crippen LogP contribution in [0.5, 0.6) is 0 Å². The van der Waals surface area contributed by atoms with Gasteiger partial charge in [0, 0.05) is 55.5 Å². The highest BCUT2D eigenvalue weighted by atomic mass is 16.3. The van der Waals surface area contributed by atoms with E-state index in [9.17, 15) is 15.0 Å². The van der Waals surface area contributed by atoms with Crippen molar-refractivity contribution in [3.63, 3.8) is 0 Å². The summed E-state index contributed by atoms with van der Waals surface area (Å²) in [5.74, 6) is 0.224. The van der Waals surface area contributed by atoms with Gasteiger partial charge in [-0.2, -0.15) is 5.10 Å². The molecular formula is C25H32N4O3. The molecule has 2 unspecified atom stereocenters. The third-order valence-electron chi connectivity index (χ3n) is 6.53. The van der Waals surface area contributed by atoms with Crippen LogP contribution in [0.1, 0.15) is 30.8 Å². The number of rotatable bonds is 6. The third kappa shape index (κ3) is 4.49. The summed E-state index contributed by atoms with van der Waals surface area (Å²) in [6, 6.07) is 8.45. The van der Waals surface area contributed by atoms with Crippen molar-refractivity contribution < 1.29 is 15.0 Å². The molecule has 7 heteroatoms. The average Bonchev–Trinajstić information content (AvgIpc) is 3.15. The zero-order chi connectivity index (χ0) is 22.8. The van der Waals surface area contributed by atoms with Crippen LogP contribution in [0.3, 0.4) is 0 Å². The Balaban J connectivity index is 1.56. The lowest BCUT2D eigenvalue weighted by atomic mass is 9.82. The number of carbonyl (C=O) groups is 1. The van der Waals surface area contributed by atoms with Gasteiger partial charge in [-0.3, -0.25) is 14.8 Å². The molecule has 1 aromatic carbocycles. The second kappa shape index (κ2) is 9.30. The van der Waals surface area contributed by atoms with E-state index in [1.807, 2.05) is 17.9 Å². The Hall–Kier alpha value is -2.90. The molecular weight excluding hydrogens is 404 g/mol. The van der Waals surface area contributed by atoms with Crippen LogP contribution in [-0.4, -0.2) is 68.9 Å². The Labute approximate surface area is 189 Å². The quantitative estimate of drug-likeness (QED) is 0.605. The van der Waals surface area contributed by atoms with Gasteiger partial charge in [0.05, 0.1) is 6.10 Å². The number of aromatic nitrogens is 2. The number of H-pyrrole nitrogens is 1. The molecule has 4 rings (SSSR count). The van der Waals surface area contributed by atoms with Gasteiger partial charge in [-0.05, 0) is 30.0 Å². The van der Waals surface area contributed by atoms with Crippen LogP contribution in [0.25, 0.3) is 16.7 Å². The van der Waals surface area contributed by atoms with Gasteiger partial charge in [0.1, 0.15) is 11.5 Å². The van der Waals surface area contributed by atoms with E-state index in [-0.39, 0.29) is 17.6 Å². The van der Waals surface area contributed by atoms with Crippen molar-refractivity contribution in [2.24, 2.45) is 11.8 Å². The number of hydrogen-bond acceptors (Lipinski definition) is 5. The van der Waals surface area contributed by atoms with Crippen molar-refractivity contribution in [2.45, 2.75) is 33.4 Å². The number of aliphatic hydroxyl groups is 2. The number of aromatic amines is 1. The number of carbonyl (C=O) groups excluding carboxylic acids is 1. The maximum Gasteiger partial charge on any atom is 0.209 e. The monoisotopic (exact) mass is 436 g/mol. The summed E-state index contributed by atoms with van der Waals surface area (Å²) in [6.07, 6.45) is 3.68. The number of benzene rings is 1. The molecule has 2 aliphatic rings. The molecule has 2 atom stereocenters. The van der Waals surface area contributed by atoms with Gasteiger partial charge in [0.2, 0.25) is 6.41 Å². The van der Waals surface area contributed by atoms with Crippen LogP contribution in [-0.2, 0) is 11.3 Å². The highest BCUT2D eigenvalue weighted by Crippen LogP contribution is 2.37. The lowest BCUT2D eigenvalue weighted by Gasteiger charge is -2.32. The van der Waals surface area contributed by atoms with Gasteiger partial charge in [0.25, 0.3) is 0 Å². The largest absolute Gasteiger partial charge is 0.507 e. The van der Waals surface area contributed by atoms with Crippen LogP contribution in [0, 0.1) is 18.8 Å². The fourth-order valence-electron chi connectivity index (χ4n) is 4.57. The topological polar surface area (TPSA) is 92.7 Å². The molecule has 1 amide bonds. The third-order valence-corrected chi connectivity index (χ3v) is 6.53. The Bertz CT molecular complexity index is 1010. The minimum absolute atomic E-state index is 0.0632. The Morgan fingerprint density at radius 2 is 1.84 bits per heavy atom. The van der Waals surface area contributed by atoms with Crippen molar-refractivity contribution in [1.82, 2.24) is 20.0 Å². The molecule has 0 radical (unpaired) electrons. The van der Waals surface area contributed by atoms with E-state index in [1.54, 1.807) is 0 Å². The number of nitrogens with zero attached hydrogens (tertiary/aromatic N) is 3. The summed E-state index contributed by atoms with van der Waals surface area (Å²) in [5.41, 5.74) is 5.50. The molecule has 1 aliphatic heterocycles. The molecule has 0 spiro atoms. The lowest BCUT2D eigenvalue weighted by molar-refractivity contribution is -0.119. The number of aryl methyl sites for hydroxylation is 1. The predicted molar refractivity (Wildman–Crippen MR) is 125 cm³/mol. The van der Waals surface area contributed by atoms with Crippen molar-refractivity contribution in [3.8, 4) is 11.1 Å². The second-order valence-electron chi connectivity index (χ2n) is 9.13. The first-order valence-electron chi connectivity index (χ1n) is 11.2. The van der Waals surface area contributed by atoms with E-state index in [0.29, 0.717) is 11.3 Å². The Morgan fingerprint density at radius 3 is 2.47 bits per heavy atom. The first-order chi connectivity index (χ1) is 15.4. The standard InChI is InChI=1S/C25H32N4O3/c1-16(2)20-12-21(23(32)13-22(20)31)25-24(17(3)26-27-25)19-6-4-18(5-7-19)14-28-8-10-29(15-30)11-9-28/h4-7,12-13,15-16,20,22,31-32H,8-11,14H2,1-3H3,(H,26,27). The van der Waals surface area contributed by atoms with E-state index < -0.39 is 6.10 Å². The summed E-state index contributed by atoms with van der Waals surface area (Å²) >= 11 is 0. The van der Waals surface area contributed by atoms with Crippen LogP contribution in [0.15, 0.2) is 42.2 Å². The molecule has 2 heterocycles. The number of nitrogens with one attached hydrogen (secondary N) is 1. The summed E-state index contributed by atoms with van der Waals surface area (Å²) in [4.78, 5) is 15.1. The molecule has 0 saturated carbocycles. The van der Waals surface area contributed by atoms with Crippen LogP contribution in [0.4, 0.5) is 0 Å². The highest BCUT2D eigenvalue weighted by Gasteiger charge is 2.29. The van der Waals surface area contributed by atoms with Crippen molar-refractivity contribution in [2.75, 3.05) is 26.2 Å². The molecule has 2 aromatic rings. The fraction of sp³-hybridized carbons (Fsp3) is 0.440. The van der Waals surface area contributed by atoms with Gasteiger partial charge in [-0.15, -0.1) is 0 Å². The SMILES string of the molecule is Cc1[nH]nc(C2=CC(C(C)C)C(O)C=C2O)c1-c1ccc(CN2CCN(C=O)CC2)cc1. The Kier molecular flexibility index (Phi) is 6.48. The zero-order valence-electron chi connectivity index (χ0n) is 19.0. The number of amides is 1. The number of piperazine rings is 1. The normalized spacial score (nSPS) is 22.1. The van der Waals surface area contributed by atoms with Gasteiger partial charge < -0.3 is 15.1 Å². The molecule has 1 fully saturated rings. The van der Waals surface area contributed by atoms with Crippen molar-refractivity contribution in [3.05, 3.63) is 59.1 Å². The zero-order valence-corrected chi connectivity index (χ0v) is 19.0. The summed E-state index contributed by atoms with van der Waals surface area (Å²) in [5, 5.41) is 28.5. The smallest absolute Gasteiger partial charge is 0.209 e. The molecule has 0 bridgehead atoms. The van der Waals surface area contributed by atoms with E-state index in [1.165, 1.54) is 11.6 Å². The molecule has 1 aromatic heterocycles. The second-order valence-corrected chi connectivity index (χ2v) is 9.13. The molecule has 32 heavy (non-hydrogen) atoms. The fourth-order valence-corrected chi connectivity index (χ4v) is 4.57.